The number of rotatable bonds is 18. The molecule has 19 heteroatoms. The Bertz CT molecular complexity index is 3710. The molecule has 474 valence electrons. The molecule has 5 aromatic carbocycles. The van der Waals surface area contributed by atoms with Crippen molar-refractivity contribution in [2.24, 2.45) is 0 Å². The number of benzene rings is 5. The van der Waals surface area contributed by atoms with Gasteiger partial charge in [0.2, 0.25) is 13.6 Å². The minimum atomic E-state index is -0.502. The molecule has 0 aliphatic carbocycles. The number of carbonyl (C=O) groups excluding carboxylic acids is 1. The fourth-order valence-corrected chi connectivity index (χ4v) is 16.1. The van der Waals surface area contributed by atoms with Crippen LogP contribution in [-0.2, 0) is 51.1 Å². The Kier molecular flexibility index (Phi) is 17.9. The summed E-state index contributed by atoms with van der Waals surface area (Å²) in [6.45, 7) is 21.0. The van der Waals surface area contributed by atoms with Crippen LogP contribution in [0.5, 0.6) is 46.0 Å². The Labute approximate surface area is 527 Å². The third-order valence-corrected chi connectivity index (χ3v) is 20.2. The quantitative estimate of drug-likeness (QED) is 0.0494. The van der Waals surface area contributed by atoms with E-state index in [2.05, 4.69) is 98.8 Å². The number of carbonyl (C=O) groups is 1. The van der Waals surface area contributed by atoms with Crippen LogP contribution in [-0.4, -0.2) is 149 Å². The Morgan fingerprint density at radius 1 is 0.611 bits per heavy atom. The SMILES string of the molecule is C=CCOc1c(C)c2c(c3c1CC1[C@H]4c5c(cc(C)c(C)c5OCOC)C[C@@H]([C@H](C#N)N1[C@H]3CO)N4C)OCO2.C=CCOc1c(C)c2c(c3c1CC1[C@H]4c5c(cc(C)c(C)c5OCOC)C[C@@H]([C@H](C#N)N1[C@H]3COC(=O)CCc1ccccc1)N4C)OCO2. The summed E-state index contributed by atoms with van der Waals surface area (Å²) >= 11 is 0. The highest BCUT2D eigenvalue weighted by Crippen LogP contribution is 2.60. The van der Waals surface area contributed by atoms with Crippen LogP contribution in [0.15, 0.2) is 67.8 Å². The van der Waals surface area contributed by atoms with Crippen molar-refractivity contribution in [2.75, 3.05) is 81.9 Å². The van der Waals surface area contributed by atoms with Crippen LogP contribution < -0.4 is 37.9 Å². The number of aliphatic hydroxyl groups excluding tert-OH is 1. The molecule has 0 spiro atoms. The van der Waals surface area contributed by atoms with Gasteiger partial charge in [0.05, 0.1) is 42.9 Å². The number of aryl methyl sites for hydroxylation is 3. The van der Waals surface area contributed by atoms with Gasteiger partial charge in [0.25, 0.3) is 0 Å². The molecule has 19 nitrogen and oxygen atoms in total. The normalized spacial score (nSPS) is 24.6. The largest absolute Gasteiger partial charge is 0.489 e. The lowest BCUT2D eigenvalue weighted by Crippen LogP contribution is -2.68. The van der Waals surface area contributed by atoms with Gasteiger partial charge in [-0.25, -0.2) is 0 Å². The lowest BCUT2D eigenvalue weighted by molar-refractivity contribution is -0.149. The summed E-state index contributed by atoms with van der Waals surface area (Å²) in [5.74, 6) is 5.37. The Morgan fingerprint density at radius 2 is 1.07 bits per heavy atom. The van der Waals surface area contributed by atoms with E-state index < -0.39 is 24.2 Å². The maximum absolute atomic E-state index is 13.4. The standard InChI is InChI=1S/C40H45N3O7.C31H37N3O6/c1-7-15-46-37-25(4)39-40(50-22-49-39)35-28(37)18-30-36-34-27(16-23(2)24(3)38(34)48-21-45-6)17-29(42(36)5)31(19-41)43(30)32(35)20-47-33(44)14-13-26-11-9-8-10-12-26;1-7-8-37-28-18(4)30-31(40-15-39-30)26-20(28)11-22-27-25-19(9-16(2)17(3)29(25)38-14-36-6)10-21(33(27)5)23(12-32)34(22)24(26)13-35/h7-12,16,29-32,36H,1,13-15,17-18,20-22H2,2-6H3;7,9,21-24,27,35H,1,8,10-11,13-15H2,2-6H3/t29-,30?,31-,32-,36-;21-,22?,23-,24-,27-/m00/s1. The molecule has 90 heavy (non-hydrogen) atoms. The van der Waals surface area contributed by atoms with E-state index in [0.717, 1.165) is 95.3 Å². The molecule has 4 bridgehead atoms. The van der Waals surface area contributed by atoms with Crippen molar-refractivity contribution < 1.29 is 62.0 Å². The van der Waals surface area contributed by atoms with E-state index >= 15 is 0 Å². The molecule has 2 fully saturated rings. The van der Waals surface area contributed by atoms with Crippen molar-refractivity contribution in [3.05, 3.63) is 151 Å². The number of methoxy groups -OCH3 is 2. The zero-order chi connectivity index (χ0) is 63.4. The maximum Gasteiger partial charge on any atom is 0.306 e. The number of fused-ring (bicyclic) bond motifs is 18. The Morgan fingerprint density at radius 3 is 1.51 bits per heavy atom. The third kappa shape index (κ3) is 10.4. The lowest BCUT2D eigenvalue weighted by Gasteiger charge is -2.60. The Balaban J connectivity index is 0.000000179. The van der Waals surface area contributed by atoms with E-state index in [4.69, 9.17) is 52.1 Å². The number of piperazine rings is 2. The van der Waals surface area contributed by atoms with Gasteiger partial charge in [-0.15, -0.1) is 0 Å². The third-order valence-electron chi connectivity index (χ3n) is 20.2. The number of esters is 1. The van der Waals surface area contributed by atoms with Gasteiger partial charge in [-0.2, -0.15) is 10.5 Å². The minimum Gasteiger partial charge on any atom is -0.489 e. The molecule has 1 N–H and O–H groups in total. The molecular formula is C71H82N6O13. The number of nitrogens with zero attached hydrogens (tertiary/aromatic N) is 6. The van der Waals surface area contributed by atoms with Crippen LogP contribution in [0.25, 0.3) is 0 Å². The van der Waals surface area contributed by atoms with Crippen molar-refractivity contribution in [3.8, 4) is 58.1 Å². The Hall–Kier alpha value is -7.85. The molecule has 2 saturated heterocycles. The second kappa shape index (κ2) is 25.8. The molecule has 2 unspecified atom stereocenters. The molecule has 5 aromatic rings. The summed E-state index contributed by atoms with van der Waals surface area (Å²) in [5, 5.41) is 32.6. The van der Waals surface area contributed by atoms with Gasteiger partial charge >= 0.3 is 5.97 Å². The van der Waals surface area contributed by atoms with E-state index in [-0.39, 0.29) is 89.0 Å². The van der Waals surface area contributed by atoms with Crippen LogP contribution in [0.1, 0.15) is 114 Å². The van der Waals surface area contributed by atoms with Crippen LogP contribution in [0, 0.1) is 64.2 Å². The smallest absolute Gasteiger partial charge is 0.306 e. The average molecular weight is 1230 g/mol. The fourth-order valence-electron chi connectivity index (χ4n) is 16.1. The summed E-state index contributed by atoms with van der Waals surface area (Å²) < 4.78 is 66.3. The first-order chi connectivity index (χ1) is 43.7. The molecule has 8 aliphatic rings. The predicted molar refractivity (Wildman–Crippen MR) is 335 cm³/mol. The highest BCUT2D eigenvalue weighted by molar-refractivity contribution is 5.71. The monoisotopic (exact) mass is 1230 g/mol. The number of nitriles is 2. The van der Waals surface area contributed by atoms with Gasteiger partial charge in [0, 0.05) is 89.3 Å². The maximum atomic E-state index is 13.4. The second-order valence-electron chi connectivity index (χ2n) is 24.8. The van der Waals surface area contributed by atoms with Crippen LogP contribution in [0.2, 0.25) is 0 Å². The molecule has 13 rings (SSSR count). The zero-order valence-electron chi connectivity index (χ0n) is 53.3. The number of likely N-dealkylation sites (N-methyl/N-ethyl adjacent to an activating group) is 2. The lowest BCUT2D eigenvalue weighted by atomic mass is 9.71. The number of aliphatic hydroxyl groups is 1. The molecule has 0 aromatic heterocycles. The molecule has 0 saturated carbocycles. The summed E-state index contributed by atoms with van der Waals surface area (Å²) in [6, 6.07) is 17.1. The van der Waals surface area contributed by atoms with E-state index in [9.17, 15) is 20.4 Å². The van der Waals surface area contributed by atoms with Gasteiger partial charge in [-0.05, 0) is 127 Å². The highest BCUT2D eigenvalue weighted by atomic mass is 16.7. The van der Waals surface area contributed by atoms with Crippen molar-refractivity contribution in [3.63, 3.8) is 0 Å². The average Bonchev–Trinajstić information content (AvgIpc) is 0.873. The number of hydrogen-bond donors (Lipinski definition) is 1. The van der Waals surface area contributed by atoms with Crippen LogP contribution >= 0.6 is 0 Å². The van der Waals surface area contributed by atoms with E-state index in [0.29, 0.717) is 68.3 Å². The number of hydrogen-bond acceptors (Lipinski definition) is 19. The van der Waals surface area contributed by atoms with Crippen LogP contribution in [0.3, 0.4) is 0 Å². The second-order valence-corrected chi connectivity index (χ2v) is 24.8. The van der Waals surface area contributed by atoms with Gasteiger partial charge in [0.1, 0.15) is 54.9 Å². The molecule has 8 aliphatic heterocycles. The highest BCUT2D eigenvalue weighted by Gasteiger charge is 2.59. The van der Waals surface area contributed by atoms with Crippen molar-refractivity contribution in [1.82, 2.24) is 19.6 Å². The zero-order valence-corrected chi connectivity index (χ0v) is 53.3. The van der Waals surface area contributed by atoms with E-state index in [1.807, 2.05) is 44.2 Å². The van der Waals surface area contributed by atoms with Gasteiger partial charge in [-0.1, -0.05) is 67.8 Å². The van der Waals surface area contributed by atoms with Crippen LogP contribution in [0.4, 0.5) is 0 Å². The first kappa shape index (κ1) is 62.3. The van der Waals surface area contributed by atoms with Gasteiger partial charge < -0.3 is 57.2 Å². The molecule has 0 amide bonds. The molecular weight excluding hydrogens is 1140 g/mol. The summed E-state index contributed by atoms with van der Waals surface area (Å²) in [4.78, 5) is 22.6. The first-order valence-corrected chi connectivity index (χ1v) is 31.1. The van der Waals surface area contributed by atoms with Crippen molar-refractivity contribution in [2.45, 2.75) is 140 Å². The topological polar surface area (TPSA) is 199 Å². The predicted octanol–water partition coefficient (Wildman–Crippen LogP) is 9.49. The van der Waals surface area contributed by atoms with Crippen molar-refractivity contribution >= 4 is 5.97 Å². The summed E-state index contributed by atoms with van der Waals surface area (Å²) in [6.07, 6.45) is 6.82. The summed E-state index contributed by atoms with van der Waals surface area (Å²) in [7, 11) is 7.48. The summed E-state index contributed by atoms with van der Waals surface area (Å²) in [5.41, 5.74) is 15.6. The minimum absolute atomic E-state index is 0.0467. The van der Waals surface area contributed by atoms with Crippen molar-refractivity contribution in [1.29, 1.82) is 10.5 Å². The van der Waals surface area contributed by atoms with Gasteiger partial charge in [0.15, 0.2) is 36.6 Å². The molecule has 0 radical (unpaired) electrons. The first-order valence-electron chi connectivity index (χ1n) is 31.1. The molecule has 8 heterocycles. The van der Waals surface area contributed by atoms with E-state index in [1.54, 1.807) is 26.4 Å². The van der Waals surface area contributed by atoms with Gasteiger partial charge in [-0.3, -0.25) is 24.4 Å². The fraction of sp³-hybridized carbons (Fsp3) is 0.479. The van der Waals surface area contributed by atoms with E-state index in [1.165, 1.54) is 11.1 Å². The molecule has 10 atom stereocenters. The number of ether oxygens (including phenoxy) is 11.